The molecule has 1 amide bonds. The van der Waals surface area contributed by atoms with Gasteiger partial charge < -0.3 is 20.9 Å². The van der Waals surface area contributed by atoms with E-state index in [2.05, 4.69) is 5.32 Å². The van der Waals surface area contributed by atoms with Gasteiger partial charge in [-0.25, -0.2) is 0 Å². The molecule has 0 radical (unpaired) electrons. The van der Waals surface area contributed by atoms with Crippen LogP contribution in [0.3, 0.4) is 0 Å². The lowest BCUT2D eigenvalue weighted by molar-refractivity contribution is -0.126. The minimum atomic E-state index is -0.827. The Morgan fingerprint density at radius 2 is 2.27 bits per heavy atom. The van der Waals surface area contributed by atoms with Crippen LogP contribution < -0.4 is 11.1 Å². The molecule has 0 saturated heterocycles. The van der Waals surface area contributed by atoms with Crippen molar-refractivity contribution in [3.05, 3.63) is 0 Å². The van der Waals surface area contributed by atoms with Gasteiger partial charge in [-0.1, -0.05) is 6.92 Å². The predicted molar refractivity (Wildman–Crippen MR) is 58.4 cm³/mol. The first kappa shape index (κ1) is 14.3. The van der Waals surface area contributed by atoms with E-state index in [0.717, 1.165) is 0 Å². The van der Waals surface area contributed by atoms with Crippen molar-refractivity contribution >= 4 is 5.91 Å². The van der Waals surface area contributed by atoms with E-state index in [9.17, 15) is 9.90 Å². The molecule has 0 aliphatic carbocycles. The summed E-state index contributed by atoms with van der Waals surface area (Å²) in [6, 6.07) is 0. The summed E-state index contributed by atoms with van der Waals surface area (Å²) in [7, 11) is 1.52. The highest BCUT2D eigenvalue weighted by Gasteiger charge is 2.25. The molecule has 2 unspecified atom stereocenters. The summed E-state index contributed by atoms with van der Waals surface area (Å²) in [6.07, 6.45) is 0.514. The van der Waals surface area contributed by atoms with Crippen LogP contribution >= 0.6 is 0 Å². The van der Waals surface area contributed by atoms with Crippen molar-refractivity contribution in [2.24, 2.45) is 5.73 Å². The average molecular weight is 218 g/mol. The second-order valence-corrected chi connectivity index (χ2v) is 3.92. The van der Waals surface area contributed by atoms with Crippen LogP contribution in [0.5, 0.6) is 0 Å². The Morgan fingerprint density at radius 3 is 2.73 bits per heavy atom. The third-order valence-electron chi connectivity index (χ3n) is 2.38. The Hall–Kier alpha value is -0.650. The van der Waals surface area contributed by atoms with Gasteiger partial charge in [0.25, 0.3) is 0 Å². The van der Waals surface area contributed by atoms with Crippen LogP contribution in [0.2, 0.25) is 0 Å². The van der Waals surface area contributed by atoms with Gasteiger partial charge in [0, 0.05) is 13.7 Å². The second kappa shape index (κ2) is 6.76. The first-order valence-electron chi connectivity index (χ1n) is 5.18. The summed E-state index contributed by atoms with van der Waals surface area (Å²) in [5.74, 6) is -0.186. The van der Waals surface area contributed by atoms with E-state index in [-0.39, 0.29) is 12.5 Å². The van der Waals surface area contributed by atoms with E-state index in [1.54, 1.807) is 6.92 Å². The van der Waals surface area contributed by atoms with Crippen molar-refractivity contribution in [2.45, 2.75) is 38.3 Å². The Balaban J connectivity index is 3.73. The number of carbonyl (C=O) groups excluding carboxylic acids is 1. The molecule has 90 valence electrons. The number of nitrogens with one attached hydrogen (secondary N) is 1. The minimum absolute atomic E-state index is 0.186. The molecule has 0 saturated carbocycles. The molecule has 0 aromatic carbocycles. The van der Waals surface area contributed by atoms with Gasteiger partial charge >= 0.3 is 0 Å². The molecule has 0 fully saturated rings. The third kappa shape index (κ3) is 5.71. The largest absolute Gasteiger partial charge is 0.391 e. The molecular formula is C10H22N2O3. The third-order valence-corrected chi connectivity index (χ3v) is 2.38. The zero-order valence-electron chi connectivity index (χ0n) is 9.75. The van der Waals surface area contributed by atoms with E-state index >= 15 is 0 Å². The van der Waals surface area contributed by atoms with Crippen LogP contribution in [0, 0.1) is 0 Å². The molecule has 5 nitrogen and oxygen atoms in total. The Morgan fingerprint density at radius 1 is 1.67 bits per heavy atom. The summed E-state index contributed by atoms with van der Waals surface area (Å²) in [4.78, 5) is 11.5. The number of ether oxygens (including phenoxy) is 1. The topological polar surface area (TPSA) is 84.6 Å². The van der Waals surface area contributed by atoms with E-state index < -0.39 is 11.6 Å². The number of hydrogen-bond donors (Lipinski definition) is 3. The summed E-state index contributed by atoms with van der Waals surface area (Å²) < 4.78 is 4.76. The first-order chi connectivity index (χ1) is 6.94. The number of aliphatic hydroxyl groups is 1. The molecule has 0 bridgehead atoms. The van der Waals surface area contributed by atoms with Crippen molar-refractivity contribution in [3.8, 4) is 0 Å². The van der Waals surface area contributed by atoms with Crippen molar-refractivity contribution < 1.29 is 14.6 Å². The fourth-order valence-electron chi connectivity index (χ4n) is 0.991. The van der Waals surface area contributed by atoms with E-state index in [1.807, 2.05) is 6.92 Å². The summed E-state index contributed by atoms with van der Waals surface area (Å²) in [5, 5.41) is 12.0. The van der Waals surface area contributed by atoms with Crippen molar-refractivity contribution in [2.75, 3.05) is 20.3 Å². The monoisotopic (exact) mass is 218 g/mol. The van der Waals surface area contributed by atoms with Crippen LogP contribution in [-0.4, -0.2) is 42.9 Å². The van der Waals surface area contributed by atoms with Crippen molar-refractivity contribution in [1.82, 2.24) is 5.32 Å². The van der Waals surface area contributed by atoms with Crippen LogP contribution in [0.25, 0.3) is 0 Å². The molecule has 5 heteroatoms. The van der Waals surface area contributed by atoms with Crippen LogP contribution in [0.15, 0.2) is 0 Å². The van der Waals surface area contributed by atoms with Gasteiger partial charge in [-0.3, -0.25) is 4.79 Å². The maximum Gasteiger partial charge on any atom is 0.239 e. The van der Waals surface area contributed by atoms with Gasteiger partial charge in [-0.05, 0) is 19.8 Å². The van der Waals surface area contributed by atoms with Gasteiger partial charge in [-0.15, -0.1) is 0 Å². The number of nitrogens with two attached hydrogens (primary N) is 1. The number of rotatable bonds is 7. The van der Waals surface area contributed by atoms with Crippen LogP contribution in [-0.2, 0) is 9.53 Å². The van der Waals surface area contributed by atoms with Crippen molar-refractivity contribution in [1.29, 1.82) is 0 Å². The molecule has 0 rings (SSSR count). The maximum absolute atomic E-state index is 11.5. The highest BCUT2D eigenvalue weighted by Crippen LogP contribution is 2.04. The fraction of sp³-hybridized carbons (Fsp3) is 0.900. The second-order valence-electron chi connectivity index (χ2n) is 3.92. The molecule has 0 heterocycles. The molecule has 4 N–H and O–H groups in total. The molecule has 0 spiro atoms. The predicted octanol–water partition coefficient (Wildman–Crippen LogP) is -0.373. The SMILES string of the molecule is CCC(C)(N)C(=O)NCCC(O)COC. The van der Waals surface area contributed by atoms with Crippen LogP contribution in [0.4, 0.5) is 0 Å². The number of methoxy groups -OCH3 is 1. The summed E-state index contributed by atoms with van der Waals surface area (Å²) in [5.41, 5.74) is 4.91. The highest BCUT2D eigenvalue weighted by atomic mass is 16.5. The normalized spacial score (nSPS) is 16.9. The van der Waals surface area contributed by atoms with Crippen LogP contribution in [0.1, 0.15) is 26.7 Å². The number of hydrogen-bond acceptors (Lipinski definition) is 4. The zero-order chi connectivity index (χ0) is 11.9. The quantitative estimate of drug-likeness (QED) is 0.544. The zero-order valence-corrected chi connectivity index (χ0v) is 9.75. The summed E-state index contributed by atoms with van der Waals surface area (Å²) >= 11 is 0. The Labute approximate surface area is 91.0 Å². The lowest BCUT2D eigenvalue weighted by Crippen LogP contribution is -2.51. The first-order valence-corrected chi connectivity index (χ1v) is 5.18. The summed E-state index contributed by atoms with van der Waals surface area (Å²) in [6.45, 7) is 4.24. The van der Waals surface area contributed by atoms with Gasteiger partial charge in [-0.2, -0.15) is 0 Å². The molecule has 0 aliphatic heterocycles. The lowest BCUT2D eigenvalue weighted by Gasteiger charge is -2.21. The standard InChI is InChI=1S/C10H22N2O3/c1-4-10(2,11)9(14)12-6-5-8(13)7-15-3/h8,13H,4-7,11H2,1-3H3,(H,12,14). The number of aliphatic hydroxyl groups excluding tert-OH is 1. The number of amides is 1. The molecule has 0 aromatic rings. The molecule has 15 heavy (non-hydrogen) atoms. The highest BCUT2D eigenvalue weighted by molar-refractivity contribution is 5.85. The Bertz CT molecular complexity index is 195. The average Bonchev–Trinajstić information content (AvgIpc) is 2.18. The van der Waals surface area contributed by atoms with Gasteiger partial charge in [0.05, 0.1) is 18.2 Å². The molecule has 2 atom stereocenters. The van der Waals surface area contributed by atoms with Gasteiger partial charge in [0.15, 0.2) is 0 Å². The van der Waals surface area contributed by atoms with E-state index in [1.165, 1.54) is 7.11 Å². The van der Waals surface area contributed by atoms with E-state index in [0.29, 0.717) is 19.4 Å². The maximum atomic E-state index is 11.5. The molecule has 0 aliphatic rings. The molecular weight excluding hydrogens is 196 g/mol. The molecule has 0 aromatic heterocycles. The van der Waals surface area contributed by atoms with Gasteiger partial charge in [0.2, 0.25) is 5.91 Å². The van der Waals surface area contributed by atoms with Crippen molar-refractivity contribution in [3.63, 3.8) is 0 Å². The Kier molecular flexibility index (Phi) is 6.47. The minimum Gasteiger partial charge on any atom is -0.391 e. The number of carbonyl (C=O) groups is 1. The van der Waals surface area contributed by atoms with E-state index in [4.69, 9.17) is 10.5 Å². The fourth-order valence-corrected chi connectivity index (χ4v) is 0.991. The smallest absolute Gasteiger partial charge is 0.239 e. The van der Waals surface area contributed by atoms with Gasteiger partial charge in [0.1, 0.15) is 0 Å². The lowest BCUT2D eigenvalue weighted by atomic mass is 9.99.